The summed E-state index contributed by atoms with van der Waals surface area (Å²) in [6, 6.07) is 1.77. The number of carbonyl (C=O) groups is 1. The Balaban J connectivity index is 2.25. The van der Waals surface area contributed by atoms with Crippen LogP contribution in [-0.2, 0) is 16.0 Å². The van der Waals surface area contributed by atoms with Crippen molar-refractivity contribution in [1.82, 2.24) is 9.78 Å². The van der Waals surface area contributed by atoms with Gasteiger partial charge in [-0.1, -0.05) is 6.92 Å². The van der Waals surface area contributed by atoms with Gasteiger partial charge in [-0.3, -0.25) is 9.48 Å². The maximum Gasteiger partial charge on any atom is 0.212 e. The molecule has 5 nitrogen and oxygen atoms in total. The van der Waals surface area contributed by atoms with Crippen LogP contribution in [0.4, 0.5) is 0 Å². The number of Topliss-reactive ketones (excluding diaryl/α,β-unsaturated/α-hetero) is 1. The maximum atomic E-state index is 12.7. The molecule has 1 aliphatic rings. The second-order valence-electron chi connectivity index (χ2n) is 4.58. The van der Waals surface area contributed by atoms with Crippen molar-refractivity contribution < 1.29 is 14.3 Å². The number of aryl methyl sites for hydroxylation is 1. The summed E-state index contributed by atoms with van der Waals surface area (Å²) in [4.78, 5) is 12.7. The zero-order chi connectivity index (χ0) is 13.0. The summed E-state index contributed by atoms with van der Waals surface area (Å²) in [6.07, 6.45) is 3.84. The van der Waals surface area contributed by atoms with Crippen LogP contribution < -0.4 is 0 Å². The molecule has 18 heavy (non-hydrogen) atoms. The van der Waals surface area contributed by atoms with Gasteiger partial charge in [0.05, 0.1) is 0 Å². The van der Waals surface area contributed by atoms with Gasteiger partial charge in [0.2, 0.25) is 5.78 Å². The molecular weight excluding hydrogens is 232 g/mol. The predicted octanol–water partition coefficient (Wildman–Crippen LogP) is 1.67. The third-order valence-corrected chi connectivity index (χ3v) is 3.49. The number of rotatable bonds is 5. The van der Waals surface area contributed by atoms with Crippen LogP contribution in [0.15, 0.2) is 12.3 Å². The molecule has 2 heterocycles. The molecule has 0 aromatic carbocycles. The Morgan fingerprint density at radius 1 is 1.56 bits per heavy atom. The van der Waals surface area contributed by atoms with E-state index in [1.54, 1.807) is 24.1 Å². The first kappa shape index (κ1) is 13.2. The molecule has 1 aromatic heterocycles. The lowest BCUT2D eigenvalue weighted by Gasteiger charge is -2.34. The van der Waals surface area contributed by atoms with Gasteiger partial charge in [0.1, 0.15) is 11.3 Å². The van der Waals surface area contributed by atoms with Gasteiger partial charge in [-0.15, -0.1) is 0 Å². The van der Waals surface area contributed by atoms with Crippen molar-refractivity contribution in [3.05, 3.63) is 18.0 Å². The first-order valence-corrected chi connectivity index (χ1v) is 6.43. The third-order valence-electron chi connectivity index (χ3n) is 3.49. The van der Waals surface area contributed by atoms with Crippen molar-refractivity contribution in [3.8, 4) is 0 Å². The highest BCUT2D eigenvalue weighted by atomic mass is 16.5. The van der Waals surface area contributed by atoms with E-state index in [2.05, 4.69) is 12.0 Å². The Bertz CT molecular complexity index is 408. The number of ether oxygens (including phenoxy) is 2. The van der Waals surface area contributed by atoms with Crippen LogP contribution in [0, 0.1) is 0 Å². The number of hydrogen-bond acceptors (Lipinski definition) is 4. The van der Waals surface area contributed by atoms with E-state index in [0.717, 1.165) is 13.0 Å². The zero-order valence-corrected chi connectivity index (χ0v) is 11.0. The number of ketones is 1. The van der Waals surface area contributed by atoms with Crippen molar-refractivity contribution in [2.75, 3.05) is 20.3 Å². The van der Waals surface area contributed by atoms with Gasteiger partial charge in [-0.2, -0.15) is 5.10 Å². The topological polar surface area (TPSA) is 53.4 Å². The SMILES string of the molecule is CCCn1nccc1C(=O)C1(OC)CCOCC1. The molecular formula is C13H20N2O3. The third kappa shape index (κ3) is 2.33. The highest BCUT2D eigenvalue weighted by Gasteiger charge is 2.41. The number of carbonyl (C=O) groups excluding carboxylic acids is 1. The molecule has 0 spiro atoms. The Kier molecular flexibility index (Phi) is 4.14. The van der Waals surface area contributed by atoms with E-state index in [4.69, 9.17) is 9.47 Å². The number of nitrogens with zero attached hydrogens (tertiary/aromatic N) is 2. The van der Waals surface area contributed by atoms with E-state index in [1.807, 2.05) is 0 Å². The molecule has 100 valence electrons. The molecule has 0 atom stereocenters. The lowest BCUT2D eigenvalue weighted by Crippen LogP contribution is -2.46. The smallest absolute Gasteiger partial charge is 0.212 e. The highest BCUT2D eigenvalue weighted by molar-refractivity contribution is 6.01. The van der Waals surface area contributed by atoms with Gasteiger partial charge in [-0.05, 0) is 12.5 Å². The molecule has 1 aliphatic heterocycles. The molecule has 1 fully saturated rings. The van der Waals surface area contributed by atoms with Gasteiger partial charge in [-0.25, -0.2) is 0 Å². The van der Waals surface area contributed by atoms with Gasteiger partial charge >= 0.3 is 0 Å². The van der Waals surface area contributed by atoms with Crippen LogP contribution in [0.2, 0.25) is 0 Å². The first-order chi connectivity index (χ1) is 8.73. The number of methoxy groups -OCH3 is 1. The van der Waals surface area contributed by atoms with Gasteiger partial charge in [0.15, 0.2) is 0 Å². The average molecular weight is 252 g/mol. The second kappa shape index (κ2) is 5.63. The van der Waals surface area contributed by atoms with Crippen molar-refractivity contribution in [3.63, 3.8) is 0 Å². The molecule has 0 unspecified atom stereocenters. The van der Waals surface area contributed by atoms with Gasteiger partial charge in [0.25, 0.3) is 0 Å². The van der Waals surface area contributed by atoms with Crippen molar-refractivity contribution in [2.45, 2.75) is 38.3 Å². The fourth-order valence-corrected chi connectivity index (χ4v) is 2.37. The summed E-state index contributed by atoms with van der Waals surface area (Å²) in [5.74, 6) is 0.0271. The normalized spacial score (nSPS) is 18.8. The van der Waals surface area contributed by atoms with Gasteiger partial charge in [0, 0.05) is 45.9 Å². The monoisotopic (exact) mass is 252 g/mol. The summed E-state index contributed by atoms with van der Waals surface area (Å²) in [6.45, 7) is 3.96. The van der Waals surface area contributed by atoms with E-state index in [9.17, 15) is 4.79 Å². The average Bonchev–Trinajstić information content (AvgIpc) is 2.87. The molecule has 1 aromatic rings. The molecule has 5 heteroatoms. The van der Waals surface area contributed by atoms with E-state index in [0.29, 0.717) is 31.7 Å². The van der Waals surface area contributed by atoms with Crippen LogP contribution in [0.1, 0.15) is 36.7 Å². The molecule has 0 saturated carbocycles. The molecule has 0 aliphatic carbocycles. The molecule has 2 rings (SSSR count). The Labute approximate surface area is 107 Å². The highest BCUT2D eigenvalue weighted by Crippen LogP contribution is 2.28. The molecule has 0 amide bonds. The lowest BCUT2D eigenvalue weighted by atomic mass is 9.87. The fraction of sp³-hybridized carbons (Fsp3) is 0.692. The molecule has 1 saturated heterocycles. The summed E-state index contributed by atoms with van der Waals surface area (Å²) in [7, 11) is 1.60. The summed E-state index contributed by atoms with van der Waals surface area (Å²) >= 11 is 0. The number of hydrogen-bond donors (Lipinski definition) is 0. The summed E-state index contributed by atoms with van der Waals surface area (Å²) in [5.41, 5.74) is -0.0929. The van der Waals surface area contributed by atoms with E-state index >= 15 is 0 Å². The summed E-state index contributed by atoms with van der Waals surface area (Å²) in [5, 5.41) is 4.20. The second-order valence-corrected chi connectivity index (χ2v) is 4.58. The van der Waals surface area contributed by atoms with E-state index in [-0.39, 0.29) is 5.78 Å². The van der Waals surface area contributed by atoms with Gasteiger partial charge < -0.3 is 9.47 Å². The first-order valence-electron chi connectivity index (χ1n) is 6.43. The minimum absolute atomic E-state index is 0.0271. The largest absolute Gasteiger partial charge is 0.381 e. The van der Waals surface area contributed by atoms with Crippen LogP contribution in [0.25, 0.3) is 0 Å². The number of aromatic nitrogens is 2. The molecule has 0 N–H and O–H groups in total. The fourth-order valence-electron chi connectivity index (χ4n) is 2.37. The van der Waals surface area contributed by atoms with Crippen molar-refractivity contribution >= 4 is 5.78 Å². The van der Waals surface area contributed by atoms with Crippen LogP contribution in [0.3, 0.4) is 0 Å². The Morgan fingerprint density at radius 3 is 2.89 bits per heavy atom. The van der Waals surface area contributed by atoms with Crippen molar-refractivity contribution in [1.29, 1.82) is 0 Å². The van der Waals surface area contributed by atoms with Crippen LogP contribution in [-0.4, -0.2) is 41.5 Å². The van der Waals surface area contributed by atoms with Crippen LogP contribution in [0.5, 0.6) is 0 Å². The standard InChI is InChI=1S/C13H20N2O3/c1-3-8-15-11(4-7-14-15)12(16)13(17-2)5-9-18-10-6-13/h4,7H,3,5-6,8-10H2,1-2H3. The Hall–Kier alpha value is -1.20. The van der Waals surface area contributed by atoms with Crippen LogP contribution >= 0.6 is 0 Å². The minimum atomic E-state index is -0.732. The quantitative estimate of drug-likeness (QED) is 0.748. The van der Waals surface area contributed by atoms with E-state index < -0.39 is 5.60 Å². The lowest BCUT2D eigenvalue weighted by molar-refractivity contribution is -0.0667. The summed E-state index contributed by atoms with van der Waals surface area (Å²) < 4.78 is 12.6. The molecule has 0 radical (unpaired) electrons. The maximum absolute atomic E-state index is 12.7. The predicted molar refractivity (Wildman–Crippen MR) is 66.6 cm³/mol. The zero-order valence-electron chi connectivity index (χ0n) is 11.0. The Morgan fingerprint density at radius 2 is 2.28 bits per heavy atom. The van der Waals surface area contributed by atoms with E-state index in [1.165, 1.54) is 0 Å². The van der Waals surface area contributed by atoms with Crippen molar-refractivity contribution in [2.24, 2.45) is 0 Å². The molecule has 0 bridgehead atoms. The minimum Gasteiger partial charge on any atom is -0.381 e.